The van der Waals surface area contributed by atoms with Crippen LogP contribution in [0.2, 0.25) is 0 Å². The monoisotopic (exact) mass is 325 g/mol. The molecule has 3 rings (SSSR count). The van der Waals surface area contributed by atoms with Crippen LogP contribution in [-0.2, 0) is 7.05 Å². The van der Waals surface area contributed by atoms with E-state index in [-0.39, 0.29) is 11.7 Å². The summed E-state index contributed by atoms with van der Waals surface area (Å²) in [5.74, 6) is 0.708. The normalized spacial score (nSPS) is 17.4. The van der Waals surface area contributed by atoms with Crippen molar-refractivity contribution < 1.29 is 9.53 Å². The summed E-state index contributed by atoms with van der Waals surface area (Å²) in [4.78, 5) is 23.0. The predicted molar refractivity (Wildman–Crippen MR) is 88.0 cm³/mol. The summed E-state index contributed by atoms with van der Waals surface area (Å²) in [5, 5.41) is 9.45. The first-order valence-electron chi connectivity index (χ1n) is 7.85. The van der Waals surface area contributed by atoms with Crippen LogP contribution >= 0.6 is 0 Å². The van der Waals surface area contributed by atoms with Crippen molar-refractivity contribution in [1.29, 1.82) is 5.26 Å². The van der Waals surface area contributed by atoms with E-state index in [9.17, 15) is 10.1 Å². The molecule has 0 amide bonds. The first-order chi connectivity index (χ1) is 11.7. The summed E-state index contributed by atoms with van der Waals surface area (Å²) < 4.78 is 6.92. The number of ketones is 1. The molecule has 2 aromatic heterocycles. The highest BCUT2D eigenvalue weighted by Gasteiger charge is 2.30. The number of methoxy groups -OCH3 is 1. The number of aryl methyl sites for hydroxylation is 1. The summed E-state index contributed by atoms with van der Waals surface area (Å²) in [6.07, 6.45) is 6.74. The van der Waals surface area contributed by atoms with Crippen LogP contribution in [0.25, 0.3) is 0 Å². The van der Waals surface area contributed by atoms with E-state index in [0.717, 1.165) is 25.1 Å². The van der Waals surface area contributed by atoms with Gasteiger partial charge in [-0.2, -0.15) is 5.26 Å². The van der Waals surface area contributed by atoms with Crippen molar-refractivity contribution in [2.24, 2.45) is 13.0 Å². The Bertz CT molecular complexity index is 793. The Labute approximate surface area is 140 Å². The number of hydrogen-bond donors (Lipinski definition) is 0. The number of nitrogens with zero attached hydrogens (tertiary/aromatic N) is 5. The first kappa shape index (κ1) is 16.0. The Balaban J connectivity index is 1.86. The van der Waals surface area contributed by atoms with E-state index in [1.807, 2.05) is 7.05 Å². The second kappa shape index (κ2) is 6.71. The van der Waals surface area contributed by atoms with Gasteiger partial charge in [-0.25, -0.2) is 9.97 Å². The number of hydrogen-bond acceptors (Lipinski definition) is 6. The molecule has 3 heterocycles. The fraction of sp³-hybridized carbons (Fsp3) is 0.412. The first-order valence-corrected chi connectivity index (χ1v) is 7.85. The van der Waals surface area contributed by atoms with Crippen molar-refractivity contribution in [3.05, 3.63) is 36.0 Å². The zero-order chi connectivity index (χ0) is 17.1. The Kier molecular flexibility index (Phi) is 4.47. The maximum atomic E-state index is 12.7. The van der Waals surface area contributed by atoms with Gasteiger partial charge in [0, 0.05) is 44.6 Å². The molecule has 0 spiro atoms. The molecule has 24 heavy (non-hydrogen) atoms. The summed E-state index contributed by atoms with van der Waals surface area (Å²) in [6, 6.07) is 3.96. The van der Waals surface area contributed by atoms with Crippen LogP contribution < -0.4 is 9.64 Å². The molecular weight excluding hydrogens is 306 g/mol. The van der Waals surface area contributed by atoms with E-state index in [1.165, 1.54) is 7.11 Å². The van der Waals surface area contributed by atoms with Gasteiger partial charge in [0.25, 0.3) is 0 Å². The van der Waals surface area contributed by atoms with E-state index in [0.29, 0.717) is 23.8 Å². The number of anilines is 1. The summed E-state index contributed by atoms with van der Waals surface area (Å²) in [5.41, 5.74) is 1.17. The van der Waals surface area contributed by atoms with Gasteiger partial charge in [-0.1, -0.05) is 0 Å². The Morgan fingerprint density at radius 3 is 2.92 bits per heavy atom. The van der Waals surface area contributed by atoms with Gasteiger partial charge in [-0.3, -0.25) is 4.79 Å². The molecule has 1 fully saturated rings. The van der Waals surface area contributed by atoms with Crippen LogP contribution in [0.5, 0.6) is 5.88 Å². The lowest BCUT2D eigenvalue weighted by molar-refractivity contribution is 0.0893. The third kappa shape index (κ3) is 2.83. The number of Topliss-reactive ketones (excluding diaryl/α,β-unsaturated/α-hetero) is 1. The average Bonchev–Trinajstić information content (AvgIpc) is 3.06. The maximum absolute atomic E-state index is 12.7. The molecule has 0 N–H and O–H groups in total. The van der Waals surface area contributed by atoms with Crippen LogP contribution in [0.1, 0.15) is 29.0 Å². The molecule has 7 heteroatoms. The number of pyridine rings is 1. The van der Waals surface area contributed by atoms with Crippen molar-refractivity contribution in [2.45, 2.75) is 12.8 Å². The second-order valence-corrected chi connectivity index (χ2v) is 5.84. The number of piperidine rings is 1. The second-order valence-electron chi connectivity index (χ2n) is 5.84. The molecule has 2 aromatic rings. The third-order valence-electron chi connectivity index (χ3n) is 4.37. The van der Waals surface area contributed by atoms with Gasteiger partial charge in [0.05, 0.1) is 12.8 Å². The van der Waals surface area contributed by atoms with Gasteiger partial charge in [0.2, 0.25) is 11.7 Å². The minimum Gasteiger partial charge on any atom is -0.480 e. The fourth-order valence-corrected chi connectivity index (χ4v) is 3.15. The fourth-order valence-electron chi connectivity index (χ4n) is 3.15. The number of carbonyl (C=O) groups excluding carboxylic acids is 1. The Morgan fingerprint density at radius 1 is 1.42 bits per heavy atom. The van der Waals surface area contributed by atoms with Gasteiger partial charge < -0.3 is 14.2 Å². The van der Waals surface area contributed by atoms with E-state index >= 15 is 0 Å². The Morgan fingerprint density at radius 2 is 2.25 bits per heavy atom. The molecule has 1 unspecified atom stereocenters. The predicted octanol–water partition coefficient (Wildman–Crippen LogP) is 1.79. The minimum atomic E-state index is -0.134. The highest BCUT2D eigenvalue weighted by atomic mass is 16.5. The highest BCUT2D eigenvalue weighted by molar-refractivity contribution is 5.95. The van der Waals surface area contributed by atoms with E-state index < -0.39 is 0 Å². The maximum Gasteiger partial charge on any atom is 0.233 e. The molecule has 1 saturated heterocycles. The van der Waals surface area contributed by atoms with Gasteiger partial charge in [0.1, 0.15) is 11.6 Å². The standard InChI is InChI=1S/C17H19N5O2/c1-21-9-7-19-16(21)15(23)12-4-3-8-22(11-12)14-5-6-20-17(24-2)13(14)10-18/h5-7,9,12H,3-4,8,11H2,1-2H3. The quantitative estimate of drug-likeness (QED) is 0.797. The summed E-state index contributed by atoms with van der Waals surface area (Å²) in [7, 11) is 3.32. The van der Waals surface area contributed by atoms with Crippen molar-refractivity contribution >= 4 is 11.5 Å². The molecule has 7 nitrogen and oxygen atoms in total. The van der Waals surface area contributed by atoms with Crippen LogP contribution in [0.3, 0.4) is 0 Å². The van der Waals surface area contributed by atoms with Gasteiger partial charge >= 0.3 is 0 Å². The van der Waals surface area contributed by atoms with Gasteiger partial charge in [0.15, 0.2) is 5.82 Å². The number of rotatable bonds is 4. The van der Waals surface area contributed by atoms with E-state index in [4.69, 9.17) is 4.74 Å². The summed E-state index contributed by atoms with van der Waals surface area (Å²) in [6.45, 7) is 1.36. The molecular formula is C17H19N5O2. The lowest BCUT2D eigenvalue weighted by Crippen LogP contribution is -2.39. The van der Waals surface area contributed by atoms with Crippen LogP contribution in [0.15, 0.2) is 24.7 Å². The molecule has 0 radical (unpaired) electrons. The van der Waals surface area contributed by atoms with E-state index in [2.05, 4.69) is 20.9 Å². The molecule has 1 aliphatic rings. The minimum absolute atomic E-state index is 0.0479. The lowest BCUT2D eigenvalue weighted by Gasteiger charge is -2.34. The highest BCUT2D eigenvalue weighted by Crippen LogP contribution is 2.30. The van der Waals surface area contributed by atoms with Crippen molar-refractivity contribution in [1.82, 2.24) is 14.5 Å². The van der Waals surface area contributed by atoms with Gasteiger partial charge in [-0.05, 0) is 18.9 Å². The van der Waals surface area contributed by atoms with Crippen LogP contribution in [0, 0.1) is 17.2 Å². The van der Waals surface area contributed by atoms with Crippen molar-refractivity contribution in [2.75, 3.05) is 25.1 Å². The lowest BCUT2D eigenvalue weighted by atomic mass is 9.92. The third-order valence-corrected chi connectivity index (χ3v) is 4.37. The van der Waals surface area contributed by atoms with Crippen LogP contribution in [-0.4, -0.2) is 40.5 Å². The number of imidazole rings is 1. The zero-order valence-electron chi connectivity index (χ0n) is 13.8. The summed E-state index contributed by atoms with van der Waals surface area (Å²) >= 11 is 0. The molecule has 0 saturated carbocycles. The molecule has 0 aliphatic carbocycles. The van der Waals surface area contributed by atoms with Gasteiger partial charge in [-0.15, -0.1) is 0 Å². The number of ether oxygens (including phenoxy) is 1. The molecule has 0 aromatic carbocycles. The number of aromatic nitrogens is 3. The SMILES string of the molecule is COc1nccc(N2CCCC(C(=O)c3nccn3C)C2)c1C#N. The Hall–Kier alpha value is -2.88. The number of carbonyl (C=O) groups is 1. The molecule has 0 bridgehead atoms. The zero-order valence-corrected chi connectivity index (χ0v) is 13.8. The smallest absolute Gasteiger partial charge is 0.233 e. The van der Waals surface area contributed by atoms with Crippen molar-refractivity contribution in [3.63, 3.8) is 0 Å². The number of nitriles is 1. The average molecular weight is 325 g/mol. The molecule has 124 valence electrons. The van der Waals surface area contributed by atoms with Crippen LogP contribution in [0.4, 0.5) is 5.69 Å². The topological polar surface area (TPSA) is 84.0 Å². The van der Waals surface area contributed by atoms with E-state index in [1.54, 1.807) is 29.2 Å². The molecule has 1 aliphatic heterocycles. The van der Waals surface area contributed by atoms with Crippen molar-refractivity contribution in [3.8, 4) is 11.9 Å². The largest absolute Gasteiger partial charge is 0.480 e. The molecule has 1 atom stereocenters.